The molecular formula is C31H43F3O3. The van der Waals surface area contributed by atoms with E-state index in [1.165, 1.54) is 17.2 Å². The van der Waals surface area contributed by atoms with Crippen molar-refractivity contribution in [3.05, 3.63) is 88.0 Å². The molecule has 2 atom stereocenters. The van der Waals surface area contributed by atoms with Crippen molar-refractivity contribution in [2.24, 2.45) is 11.8 Å². The molecule has 206 valence electrons. The largest absolute Gasteiger partial charge is 0.416 e. The maximum Gasteiger partial charge on any atom is 0.416 e. The molecule has 1 aliphatic rings. The van der Waals surface area contributed by atoms with Gasteiger partial charge in [0.25, 0.3) is 0 Å². The maximum absolute atomic E-state index is 12.6. The molecule has 37 heavy (non-hydrogen) atoms. The lowest BCUT2D eigenvalue weighted by Crippen LogP contribution is -2.10. The van der Waals surface area contributed by atoms with Crippen LogP contribution in [-0.4, -0.2) is 19.4 Å². The number of allylic oxidation sites excluding steroid dienone is 3. The first-order valence-electron chi connectivity index (χ1n) is 12.3. The number of Topliss-reactive ketones (excluding diaryl/α,β-unsaturated/α-hetero) is 1. The van der Waals surface area contributed by atoms with Crippen molar-refractivity contribution in [3.8, 4) is 0 Å². The van der Waals surface area contributed by atoms with Gasteiger partial charge in [0.1, 0.15) is 13.6 Å². The first kappa shape index (κ1) is 33.7. The molecule has 0 spiro atoms. The zero-order chi connectivity index (χ0) is 28.6. The first-order chi connectivity index (χ1) is 17.5. The summed E-state index contributed by atoms with van der Waals surface area (Å²) >= 11 is 0. The van der Waals surface area contributed by atoms with Crippen LogP contribution < -0.4 is 0 Å². The molecular weight excluding hydrogens is 477 g/mol. The van der Waals surface area contributed by atoms with Crippen LogP contribution in [-0.2, 0) is 33.4 Å². The van der Waals surface area contributed by atoms with E-state index in [1.54, 1.807) is 13.0 Å². The normalized spacial score (nSPS) is 16.4. The zero-order valence-electron chi connectivity index (χ0n) is 22.5. The van der Waals surface area contributed by atoms with Gasteiger partial charge in [0.05, 0.1) is 5.56 Å². The van der Waals surface area contributed by atoms with Crippen LogP contribution in [0.15, 0.2) is 60.2 Å². The van der Waals surface area contributed by atoms with E-state index >= 15 is 0 Å². The summed E-state index contributed by atoms with van der Waals surface area (Å²) in [7, 11) is 0. The standard InChI is InChI=1S/C21H28O.C8H7F3.2CH2O.2H2/c1-5-7-8-19-13-17(9-10-18(19)6-2)14-21(22)20-12-15(3)11-16(20)4;1-6-3-2-4-7(5-6)8(9,10)11;2*1-2;;/h7-10,12-13,15-16H,5-6,11,14H2,1-4H3;2-5H,1H3;2*1H2;2*1H/b8-7-;;;;;. The Balaban J connectivity index is -0.000000648. The maximum atomic E-state index is 12.6. The fourth-order valence-electron chi connectivity index (χ4n) is 4.18. The first-order valence-corrected chi connectivity index (χ1v) is 12.3. The molecule has 2 aromatic rings. The van der Waals surface area contributed by atoms with Crippen molar-refractivity contribution in [1.82, 2.24) is 0 Å². The summed E-state index contributed by atoms with van der Waals surface area (Å²) in [6, 6.07) is 11.7. The van der Waals surface area contributed by atoms with Gasteiger partial charge < -0.3 is 9.59 Å². The van der Waals surface area contributed by atoms with Crippen LogP contribution in [0.4, 0.5) is 13.2 Å². The van der Waals surface area contributed by atoms with E-state index in [1.807, 2.05) is 13.6 Å². The fourth-order valence-corrected chi connectivity index (χ4v) is 4.18. The Morgan fingerprint density at radius 2 is 1.70 bits per heavy atom. The van der Waals surface area contributed by atoms with Crippen molar-refractivity contribution in [2.45, 2.75) is 66.5 Å². The predicted molar refractivity (Wildman–Crippen MR) is 150 cm³/mol. The van der Waals surface area contributed by atoms with E-state index < -0.39 is 11.7 Å². The van der Waals surface area contributed by atoms with Crippen LogP contribution >= 0.6 is 0 Å². The van der Waals surface area contributed by atoms with Crippen molar-refractivity contribution >= 4 is 25.4 Å². The number of carbonyl (C=O) groups excluding carboxylic acids is 3. The van der Waals surface area contributed by atoms with Gasteiger partial charge in [0.15, 0.2) is 5.78 Å². The highest BCUT2D eigenvalue weighted by atomic mass is 19.4. The molecule has 0 heterocycles. The second-order valence-electron chi connectivity index (χ2n) is 8.90. The van der Waals surface area contributed by atoms with Crippen molar-refractivity contribution in [3.63, 3.8) is 0 Å². The smallest absolute Gasteiger partial charge is 0.307 e. The molecule has 2 aromatic carbocycles. The third kappa shape index (κ3) is 11.5. The molecule has 3 rings (SSSR count). The Morgan fingerprint density at radius 1 is 1.05 bits per heavy atom. The Labute approximate surface area is 222 Å². The monoisotopic (exact) mass is 520 g/mol. The number of halogens is 3. The van der Waals surface area contributed by atoms with E-state index in [9.17, 15) is 18.0 Å². The minimum absolute atomic E-state index is 0. The van der Waals surface area contributed by atoms with Crippen LogP contribution in [0, 0.1) is 18.8 Å². The minimum atomic E-state index is -4.22. The van der Waals surface area contributed by atoms with Crippen LogP contribution in [0.3, 0.4) is 0 Å². The van der Waals surface area contributed by atoms with E-state index in [0.717, 1.165) is 42.5 Å². The predicted octanol–water partition coefficient (Wildman–Crippen LogP) is 8.52. The number of ketones is 1. The van der Waals surface area contributed by atoms with E-state index in [2.05, 4.69) is 64.1 Å². The van der Waals surface area contributed by atoms with E-state index in [4.69, 9.17) is 9.59 Å². The molecule has 0 bridgehead atoms. The van der Waals surface area contributed by atoms with Gasteiger partial charge in [-0.05, 0) is 66.4 Å². The third-order valence-electron chi connectivity index (χ3n) is 5.88. The van der Waals surface area contributed by atoms with Gasteiger partial charge in [0, 0.05) is 9.27 Å². The summed E-state index contributed by atoms with van der Waals surface area (Å²) < 4.78 is 35.9. The molecule has 0 aromatic heterocycles. The summed E-state index contributed by atoms with van der Waals surface area (Å²) in [5, 5.41) is 0. The summed E-state index contributed by atoms with van der Waals surface area (Å²) in [4.78, 5) is 28.6. The Kier molecular flexibility index (Phi) is 15.7. The molecule has 0 aliphatic heterocycles. The Morgan fingerprint density at radius 3 is 2.16 bits per heavy atom. The van der Waals surface area contributed by atoms with Crippen molar-refractivity contribution in [2.75, 3.05) is 0 Å². The highest BCUT2D eigenvalue weighted by molar-refractivity contribution is 5.97. The molecule has 0 saturated heterocycles. The van der Waals surface area contributed by atoms with Gasteiger partial charge in [-0.3, -0.25) is 4.79 Å². The highest BCUT2D eigenvalue weighted by Crippen LogP contribution is 2.31. The average molecular weight is 521 g/mol. The molecule has 2 unspecified atom stereocenters. The molecule has 0 amide bonds. The number of hydrogen-bond acceptors (Lipinski definition) is 3. The van der Waals surface area contributed by atoms with Gasteiger partial charge in [0.2, 0.25) is 0 Å². The second-order valence-corrected chi connectivity index (χ2v) is 8.90. The lowest BCUT2D eigenvalue weighted by molar-refractivity contribution is -0.137. The lowest BCUT2D eigenvalue weighted by Gasteiger charge is -2.10. The van der Waals surface area contributed by atoms with Gasteiger partial charge in [-0.2, -0.15) is 13.2 Å². The Hall–Kier alpha value is -3.28. The molecule has 0 radical (unpaired) electrons. The summed E-state index contributed by atoms with van der Waals surface area (Å²) in [5.74, 6) is 1.25. The quantitative estimate of drug-likeness (QED) is 0.384. The van der Waals surface area contributed by atoms with Crippen molar-refractivity contribution in [1.29, 1.82) is 0 Å². The number of hydrogen-bond donors (Lipinski definition) is 0. The van der Waals surface area contributed by atoms with Gasteiger partial charge in [-0.1, -0.05) is 87.9 Å². The van der Waals surface area contributed by atoms with E-state index in [0.29, 0.717) is 29.6 Å². The van der Waals surface area contributed by atoms with Crippen LogP contribution in [0.1, 0.15) is 71.2 Å². The average Bonchev–Trinajstić information content (AvgIpc) is 3.23. The summed E-state index contributed by atoms with van der Waals surface area (Å²) in [5.41, 5.74) is 4.82. The number of carbonyl (C=O) groups is 3. The molecule has 0 fully saturated rings. The highest BCUT2D eigenvalue weighted by Gasteiger charge is 2.30. The Bertz CT molecular complexity index is 1050. The minimum Gasteiger partial charge on any atom is -0.307 e. The zero-order valence-corrected chi connectivity index (χ0v) is 22.5. The number of aryl methyl sites for hydroxylation is 2. The third-order valence-corrected chi connectivity index (χ3v) is 5.88. The van der Waals surface area contributed by atoms with Crippen LogP contribution in [0.5, 0.6) is 0 Å². The molecule has 0 saturated carbocycles. The molecule has 3 nitrogen and oxygen atoms in total. The van der Waals surface area contributed by atoms with Crippen LogP contribution in [0.25, 0.3) is 6.08 Å². The van der Waals surface area contributed by atoms with Crippen LogP contribution in [0.2, 0.25) is 0 Å². The number of alkyl halides is 3. The van der Waals surface area contributed by atoms with Crippen molar-refractivity contribution < 1.29 is 30.4 Å². The number of benzene rings is 2. The molecule has 1 aliphatic carbocycles. The van der Waals surface area contributed by atoms with Gasteiger partial charge in [-0.15, -0.1) is 0 Å². The molecule has 6 heteroatoms. The van der Waals surface area contributed by atoms with Gasteiger partial charge >= 0.3 is 6.18 Å². The lowest BCUT2D eigenvalue weighted by atomic mass is 9.93. The summed E-state index contributed by atoms with van der Waals surface area (Å²) in [6.07, 6.45) is 6.03. The SMILES string of the molecule is C=O.C=O.CC/C=C\c1cc(CC(=O)C2=CC(C)CC2C)ccc1CC.Cc1cccc(C(F)(F)F)c1.[HH].[HH]. The fraction of sp³-hybridized carbons (Fsp3) is 0.387. The second kappa shape index (κ2) is 17.2. The van der Waals surface area contributed by atoms with E-state index in [-0.39, 0.29) is 2.85 Å². The summed E-state index contributed by atoms with van der Waals surface area (Å²) in [6.45, 7) is 14.3. The molecule has 0 N–H and O–H groups in total. The topological polar surface area (TPSA) is 51.2 Å². The van der Waals surface area contributed by atoms with Gasteiger partial charge in [-0.25, -0.2) is 0 Å². The number of rotatable bonds is 6.